The van der Waals surface area contributed by atoms with Crippen LogP contribution >= 0.6 is 0 Å². The first kappa shape index (κ1) is 14.9. The lowest BCUT2D eigenvalue weighted by Gasteiger charge is -2.20. The lowest BCUT2D eigenvalue weighted by atomic mass is 9.98. The monoisotopic (exact) mass is 248 g/mol. The fraction of sp³-hybridized carbons (Fsp3) is 0.562. The largest absolute Gasteiger partial charge is 0.370 e. The van der Waals surface area contributed by atoms with Crippen molar-refractivity contribution in [1.29, 1.82) is 0 Å². The summed E-state index contributed by atoms with van der Waals surface area (Å²) in [6, 6.07) is 10.1. The molecule has 0 amide bonds. The summed E-state index contributed by atoms with van der Waals surface area (Å²) in [5.41, 5.74) is 1.15. The predicted octanol–water partition coefficient (Wildman–Crippen LogP) is 3.50. The molecule has 0 aliphatic heterocycles. The molecule has 2 nitrogen and oxygen atoms in total. The molecule has 1 aromatic carbocycles. The highest BCUT2D eigenvalue weighted by molar-refractivity contribution is 5.85. The van der Waals surface area contributed by atoms with Crippen LogP contribution in [-0.2, 0) is 16.0 Å². The number of hydrogen-bond acceptors (Lipinski definition) is 2. The molecule has 1 aromatic rings. The molecule has 100 valence electrons. The topological polar surface area (TPSA) is 26.3 Å². The summed E-state index contributed by atoms with van der Waals surface area (Å²) in [5.74, 6) is 0.661. The van der Waals surface area contributed by atoms with Crippen molar-refractivity contribution in [2.24, 2.45) is 11.8 Å². The van der Waals surface area contributed by atoms with Crippen molar-refractivity contribution < 1.29 is 9.53 Å². The third kappa shape index (κ3) is 5.01. The molecule has 1 rings (SSSR count). The van der Waals surface area contributed by atoms with Crippen molar-refractivity contribution in [3.05, 3.63) is 35.9 Å². The fourth-order valence-electron chi connectivity index (χ4n) is 1.75. The minimum absolute atomic E-state index is 0.0193. The van der Waals surface area contributed by atoms with E-state index in [9.17, 15) is 4.79 Å². The molecule has 0 saturated carbocycles. The number of Topliss-reactive ketones (excluding diaryl/α,β-unsaturated/α-hetero) is 1. The van der Waals surface area contributed by atoms with Crippen LogP contribution in [-0.4, -0.2) is 18.5 Å². The second-order valence-corrected chi connectivity index (χ2v) is 5.46. The first-order valence-electron chi connectivity index (χ1n) is 6.70. The summed E-state index contributed by atoms with van der Waals surface area (Å²) in [7, 11) is 0. The van der Waals surface area contributed by atoms with Crippen LogP contribution in [0.3, 0.4) is 0 Å². The summed E-state index contributed by atoms with van der Waals surface area (Å²) >= 11 is 0. The van der Waals surface area contributed by atoms with Crippen LogP contribution in [0.1, 0.15) is 33.3 Å². The van der Waals surface area contributed by atoms with E-state index in [1.54, 1.807) is 0 Å². The van der Waals surface area contributed by atoms with Gasteiger partial charge in [0.15, 0.2) is 5.78 Å². The van der Waals surface area contributed by atoms with Crippen LogP contribution in [0.5, 0.6) is 0 Å². The lowest BCUT2D eigenvalue weighted by molar-refractivity contribution is -0.134. The highest BCUT2D eigenvalue weighted by atomic mass is 16.5. The molecule has 0 bridgehead atoms. The quantitative estimate of drug-likeness (QED) is 0.738. The van der Waals surface area contributed by atoms with E-state index in [0.717, 1.165) is 5.56 Å². The van der Waals surface area contributed by atoms with E-state index in [1.807, 2.05) is 44.2 Å². The smallest absolute Gasteiger partial charge is 0.164 e. The van der Waals surface area contributed by atoms with Gasteiger partial charge >= 0.3 is 0 Å². The highest BCUT2D eigenvalue weighted by Gasteiger charge is 2.22. The van der Waals surface area contributed by atoms with E-state index in [-0.39, 0.29) is 17.8 Å². The Morgan fingerprint density at radius 2 is 1.72 bits per heavy atom. The third-order valence-electron chi connectivity index (χ3n) is 2.78. The number of hydrogen-bond donors (Lipinski definition) is 0. The molecule has 0 fully saturated rings. The van der Waals surface area contributed by atoms with Crippen molar-refractivity contribution >= 4 is 5.78 Å². The van der Waals surface area contributed by atoms with Gasteiger partial charge in [-0.05, 0) is 11.5 Å². The minimum Gasteiger partial charge on any atom is -0.370 e. The van der Waals surface area contributed by atoms with Crippen molar-refractivity contribution in [2.45, 2.75) is 40.2 Å². The first-order valence-corrected chi connectivity index (χ1v) is 6.70. The van der Waals surface area contributed by atoms with Crippen molar-refractivity contribution in [2.75, 3.05) is 6.61 Å². The Hall–Kier alpha value is -1.15. The van der Waals surface area contributed by atoms with Crippen molar-refractivity contribution in [1.82, 2.24) is 0 Å². The lowest BCUT2D eigenvalue weighted by Crippen LogP contribution is -2.31. The molecule has 0 aromatic heterocycles. The number of benzene rings is 1. The number of ether oxygens (including phenoxy) is 1. The second-order valence-electron chi connectivity index (χ2n) is 5.46. The molecular weight excluding hydrogens is 224 g/mol. The average molecular weight is 248 g/mol. The second kappa shape index (κ2) is 7.32. The molecule has 18 heavy (non-hydrogen) atoms. The van der Waals surface area contributed by atoms with E-state index in [0.29, 0.717) is 18.9 Å². The van der Waals surface area contributed by atoms with Gasteiger partial charge in [0.05, 0.1) is 0 Å². The van der Waals surface area contributed by atoms with Crippen LogP contribution < -0.4 is 0 Å². The van der Waals surface area contributed by atoms with E-state index in [1.165, 1.54) is 0 Å². The van der Waals surface area contributed by atoms with Crippen molar-refractivity contribution in [3.8, 4) is 0 Å². The number of rotatable bonds is 7. The number of carbonyl (C=O) groups is 1. The van der Waals surface area contributed by atoms with E-state index in [2.05, 4.69) is 13.8 Å². The van der Waals surface area contributed by atoms with Gasteiger partial charge in [0, 0.05) is 18.9 Å². The zero-order valence-electron chi connectivity index (χ0n) is 11.8. The van der Waals surface area contributed by atoms with Crippen LogP contribution in [0.2, 0.25) is 0 Å². The van der Waals surface area contributed by atoms with Gasteiger partial charge in [-0.1, -0.05) is 58.0 Å². The number of carbonyl (C=O) groups excluding carboxylic acids is 1. The molecule has 0 saturated heterocycles. The molecule has 1 atom stereocenters. The Morgan fingerprint density at radius 1 is 1.11 bits per heavy atom. The Kier molecular flexibility index (Phi) is 6.06. The zero-order valence-corrected chi connectivity index (χ0v) is 11.8. The van der Waals surface area contributed by atoms with E-state index in [4.69, 9.17) is 4.74 Å². The van der Waals surface area contributed by atoms with Crippen LogP contribution in [0, 0.1) is 11.8 Å². The molecule has 2 heteroatoms. The van der Waals surface area contributed by atoms with Crippen LogP contribution in [0.25, 0.3) is 0 Å². The van der Waals surface area contributed by atoms with Gasteiger partial charge in [-0.3, -0.25) is 4.79 Å². The van der Waals surface area contributed by atoms with E-state index < -0.39 is 0 Å². The fourth-order valence-corrected chi connectivity index (χ4v) is 1.75. The molecule has 0 heterocycles. The van der Waals surface area contributed by atoms with Gasteiger partial charge < -0.3 is 4.74 Å². The Balaban J connectivity index is 2.68. The van der Waals surface area contributed by atoms with Crippen LogP contribution in [0.15, 0.2) is 30.3 Å². The summed E-state index contributed by atoms with van der Waals surface area (Å²) in [4.78, 5) is 12.1. The summed E-state index contributed by atoms with van der Waals surface area (Å²) < 4.78 is 5.78. The Labute approximate surface area is 110 Å². The maximum Gasteiger partial charge on any atom is 0.164 e. The van der Waals surface area contributed by atoms with Crippen LogP contribution in [0.4, 0.5) is 0 Å². The molecule has 0 radical (unpaired) electrons. The van der Waals surface area contributed by atoms with Gasteiger partial charge in [-0.25, -0.2) is 0 Å². The first-order chi connectivity index (χ1) is 8.50. The summed E-state index contributed by atoms with van der Waals surface area (Å²) in [6.45, 7) is 8.69. The van der Waals surface area contributed by atoms with Gasteiger partial charge in [0.1, 0.15) is 6.10 Å². The third-order valence-corrected chi connectivity index (χ3v) is 2.78. The average Bonchev–Trinajstić information content (AvgIpc) is 2.34. The normalized spacial score (nSPS) is 13.0. The summed E-state index contributed by atoms with van der Waals surface area (Å²) in [6.07, 6.45) is 0.361. The highest BCUT2D eigenvalue weighted by Crippen LogP contribution is 2.12. The maximum atomic E-state index is 12.1. The molecule has 0 aliphatic rings. The zero-order chi connectivity index (χ0) is 13.5. The molecular formula is C16H24O2. The minimum atomic E-state index is -0.310. The number of ketones is 1. The van der Waals surface area contributed by atoms with Crippen molar-refractivity contribution in [3.63, 3.8) is 0 Å². The maximum absolute atomic E-state index is 12.1. The van der Waals surface area contributed by atoms with Gasteiger partial charge in [-0.2, -0.15) is 0 Å². The standard InChI is InChI=1S/C16H24O2/c1-12(2)11-18-15(16(17)13(3)4)10-14-8-6-5-7-9-14/h5-9,12-13,15H,10-11H2,1-4H3. The SMILES string of the molecule is CC(C)COC(Cc1ccccc1)C(=O)C(C)C. The van der Waals surface area contributed by atoms with Gasteiger partial charge in [0.25, 0.3) is 0 Å². The predicted molar refractivity (Wildman–Crippen MR) is 74.6 cm³/mol. The Morgan fingerprint density at radius 3 is 2.22 bits per heavy atom. The summed E-state index contributed by atoms with van der Waals surface area (Å²) in [5, 5.41) is 0. The Bertz CT molecular complexity index is 355. The van der Waals surface area contributed by atoms with Gasteiger partial charge in [0.2, 0.25) is 0 Å². The molecule has 0 aliphatic carbocycles. The van der Waals surface area contributed by atoms with E-state index >= 15 is 0 Å². The van der Waals surface area contributed by atoms with Gasteiger partial charge in [-0.15, -0.1) is 0 Å². The molecule has 0 spiro atoms. The molecule has 0 N–H and O–H groups in total. The molecule has 1 unspecified atom stereocenters.